The highest BCUT2D eigenvalue weighted by Crippen LogP contribution is 2.18. The molecule has 0 aliphatic rings. The highest BCUT2D eigenvalue weighted by atomic mass is 15.3. The molecule has 112 valence electrons. The second-order valence-electron chi connectivity index (χ2n) is 5.78. The molecule has 2 rings (SSSR count). The van der Waals surface area contributed by atoms with Crippen molar-refractivity contribution in [2.45, 2.75) is 34.1 Å². The van der Waals surface area contributed by atoms with Crippen molar-refractivity contribution < 1.29 is 0 Å². The molecule has 2 aromatic rings. The molecule has 0 saturated heterocycles. The number of nitrogens with one attached hydrogen (secondary N) is 2. The molecule has 0 fully saturated rings. The molecule has 0 saturated carbocycles. The van der Waals surface area contributed by atoms with Crippen LogP contribution in [0.5, 0.6) is 0 Å². The van der Waals surface area contributed by atoms with E-state index in [1.54, 1.807) is 6.20 Å². The molecule has 0 aliphatic carbocycles. The summed E-state index contributed by atoms with van der Waals surface area (Å²) in [6, 6.07) is 6.31. The van der Waals surface area contributed by atoms with Crippen molar-refractivity contribution in [3.63, 3.8) is 0 Å². The van der Waals surface area contributed by atoms with Crippen LogP contribution in [-0.4, -0.2) is 21.7 Å². The topological polar surface area (TPSA) is 62.7 Å². The van der Waals surface area contributed by atoms with Gasteiger partial charge >= 0.3 is 0 Å². The van der Waals surface area contributed by atoms with Crippen molar-refractivity contribution in [3.8, 4) is 0 Å². The van der Waals surface area contributed by atoms with Crippen molar-refractivity contribution in [1.82, 2.24) is 15.2 Å². The van der Waals surface area contributed by atoms with E-state index in [0.29, 0.717) is 17.7 Å². The molecule has 21 heavy (non-hydrogen) atoms. The van der Waals surface area contributed by atoms with Gasteiger partial charge in [-0.3, -0.25) is 0 Å². The summed E-state index contributed by atoms with van der Waals surface area (Å²) in [4.78, 5) is 4.43. The number of aryl methyl sites for hydroxylation is 2. The summed E-state index contributed by atoms with van der Waals surface area (Å²) in [5.74, 6) is 1.91. The molecular formula is C16H23N5. The second kappa shape index (κ2) is 7.02. The van der Waals surface area contributed by atoms with Crippen LogP contribution >= 0.6 is 0 Å². The molecule has 5 heteroatoms. The molecule has 1 heterocycles. The van der Waals surface area contributed by atoms with Crippen molar-refractivity contribution in [2.24, 2.45) is 5.92 Å². The molecule has 1 aromatic heterocycles. The first-order valence-corrected chi connectivity index (χ1v) is 7.32. The van der Waals surface area contributed by atoms with Gasteiger partial charge in [0, 0.05) is 12.2 Å². The van der Waals surface area contributed by atoms with Gasteiger partial charge in [-0.25, -0.2) is 0 Å². The first-order chi connectivity index (χ1) is 10.0. The molecule has 1 aromatic carbocycles. The van der Waals surface area contributed by atoms with Gasteiger partial charge < -0.3 is 10.6 Å². The minimum atomic E-state index is 0.560. The Kier molecular flexibility index (Phi) is 5.09. The predicted octanol–water partition coefficient (Wildman–Crippen LogP) is 3.69. The largest absolute Gasteiger partial charge is 0.353 e. The molecule has 0 aliphatic heterocycles. The van der Waals surface area contributed by atoms with Gasteiger partial charge in [0.2, 0.25) is 5.95 Å². The van der Waals surface area contributed by atoms with Crippen LogP contribution in [0.4, 0.5) is 17.5 Å². The zero-order chi connectivity index (χ0) is 15.2. The van der Waals surface area contributed by atoms with E-state index in [0.717, 1.165) is 18.7 Å². The number of hydrogen-bond donors (Lipinski definition) is 2. The number of rotatable bonds is 6. The van der Waals surface area contributed by atoms with Crippen LogP contribution in [0.25, 0.3) is 0 Å². The average Bonchev–Trinajstić information content (AvgIpc) is 2.37. The number of hydrogen-bond acceptors (Lipinski definition) is 5. The molecule has 2 N–H and O–H groups in total. The average molecular weight is 285 g/mol. The summed E-state index contributed by atoms with van der Waals surface area (Å²) in [5.41, 5.74) is 3.45. The lowest BCUT2D eigenvalue weighted by Gasteiger charge is -2.09. The van der Waals surface area contributed by atoms with E-state index in [4.69, 9.17) is 0 Å². The van der Waals surface area contributed by atoms with Gasteiger partial charge in [-0.2, -0.15) is 10.1 Å². The lowest BCUT2D eigenvalue weighted by Crippen LogP contribution is -2.09. The Morgan fingerprint density at radius 1 is 1.10 bits per heavy atom. The number of nitrogens with zero attached hydrogens (tertiary/aromatic N) is 3. The summed E-state index contributed by atoms with van der Waals surface area (Å²) in [6.07, 6.45) is 2.71. The maximum atomic E-state index is 4.43. The third-order valence-corrected chi connectivity index (χ3v) is 3.06. The SMILES string of the molecule is Cc1cc(C)cc(Nc2cnnc(NCCC(C)C)n2)c1. The lowest BCUT2D eigenvalue weighted by atomic mass is 10.1. The predicted molar refractivity (Wildman–Crippen MR) is 87.0 cm³/mol. The Bertz CT molecular complexity index is 575. The highest BCUT2D eigenvalue weighted by molar-refractivity contribution is 5.58. The molecule has 5 nitrogen and oxygen atoms in total. The Hall–Kier alpha value is -2.17. The summed E-state index contributed by atoms with van der Waals surface area (Å²) >= 11 is 0. The van der Waals surface area contributed by atoms with E-state index in [1.807, 2.05) is 0 Å². The van der Waals surface area contributed by atoms with Crippen LogP contribution in [0, 0.1) is 19.8 Å². The quantitative estimate of drug-likeness (QED) is 0.847. The van der Waals surface area contributed by atoms with Gasteiger partial charge in [-0.1, -0.05) is 19.9 Å². The molecular weight excluding hydrogens is 262 g/mol. The van der Waals surface area contributed by atoms with Gasteiger partial charge in [0.25, 0.3) is 0 Å². The second-order valence-corrected chi connectivity index (χ2v) is 5.78. The minimum absolute atomic E-state index is 0.560. The summed E-state index contributed by atoms with van der Waals surface area (Å²) in [7, 11) is 0. The highest BCUT2D eigenvalue weighted by Gasteiger charge is 2.02. The fourth-order valence-corrected chi connectivity index (χ4v) is 2.11. The fourth-order valence-electron chi connectivity index (χ4n) is 2.11. The Labute approximate surface area is 126 Å². The molecule has 0 radical (unpaired) electrons. The molecule has 0 spiro atoms. The Morgan fingerprint density at radius 3 is 2.48 bits per heavy atom. The third kappa shape index (κ3) is 5.02. The zero-order valence-corrected chi connectivity index (χ0v) is 13.1. The van der Waals surface area contributed by atoms with E-state index in [-0.39, 0.29) is 0 Å². The molecule has 0 atom stereocenters. The summed E-state index contributed by atoms with van der Waals surface area (Å²) < 4.78 is 0. The minimum Gasteiger partial charge on any atom is -0.353 e. The molecule has 0 unspecified atom stereocenters. The smallest absolute Gasteiger partial charge is 0.244 e. The van der Waals surface area contributed by atoms with E-state index in [1.165, 1.54) is 11.1 Å². The number of aromatic nitrogens is 3. The van der Waals surface area contributed by atoms with Crippen LogP contribution in [-0.2, 0) is 0 Å². The first kappa shape index (κ1) is 15.2. The van der Waals surface area contributed by atoms with E-state index in [9.17, 15) is 0 Å². The van der Waals surface area contributed by atoms with Crippen molar-refractivity contribution in [3.05, 3.63) is 35.5 Å². The standard InChI is InChI=1S/C16H23N5/c1-11(2)5-6-17-16-20-15(10-18-21-16)19-14-8-12(3)7-13(4)9-14/h7-11H,5-6H2,1-4H3,(H2,17,19,20,21). The van der Waals surface area contributed by atoms with Crippen molar-refractivity contribution >= 4 is 17.5 Å². The fraction of sp³-hybridized carbons (Fsp3) is 0.438. The van der Waals surface area contributed by atoms with Gasteiger partial charge in [0.05, 0.1) is 6.20 Å². The van der Waals surface area contributed by atoms with E-state index >= 15 is 0 Å². The van der Waals surface area contributed by atoms with Crippen LogP contribution in [0.2, 0.25) is 0 Å². The lowest BCUT2D eigenvalue weighted by molar-refractivity contribution is 0.605. The maximum Gasteiger partial charge on any atom is 0.244 e. The monoisotopic (exact) mass is 285 g/mol. The van der Waals surface area contributed by atoms with Crippen LogP contribution in [0.3, 0.4) is 0 Å². The molecule has 0 bridgehead atoms. The van der Waals surface area contributed by atoms with Crippen LogP contribution < -0.4 is 10.6 Å². The van der Waals surface area contributed by atoms with Crippen LogP contribution in [0.1, 0.15) is 31.4 Å². The number of benzene rings is 1. The van der Waals surface area contributed by atoms with Gasteiger partial charge in [-0.05, 0) is 49.4 Å². The van der Waals surface area contributed by atoms with Crippen molar-refractivity contribution in [1.29, 1.82) is 0 Å². The van der Waals surface area contributed by atoms with Gasteiger partial charge in [-0.15, -0.1) is 5.10 Å². The van der Waals surface area contributed by atoms with Gasteiger partial charge in [0.1, 0.15) is 0 Å². The summed E-state index contributed by atoms with van der Waals surface area (Å²) in [5, 5.41) is 14.5. The van der Waals surface area contributed by atoms with Gasteiger partial charge in [0.15, 0.2) is 5.82 Å². The number of anilines is 3. The normalized spacial score (nSPS) is 10.7. The third-order valence-electron chi connectivity index (χ3n) is 3.06. The maximum absolute atomic E-state index is 4.43. The Balaban J connectivity index is 2.03. The van der Waals surface area contributed by atoms with E-state index in [2.05, 4.69) is 71.7 Å². The van der Waals surface area contributed by atoms with Crippen LogP contribution in [0.15, 0.2) is 24.4 Å². The first-order valence-electron chi connectivity index (χ1n) is 7.32. The van der Waals surface area contributed by atoms with E-state index < -0.39 is 0 Å². The molecule has 0 amide bonds. The summed E-state index contributed by atoms with van der Waals surface area (Å²) in [6.45, 7) is 9.40. The van der Waals surface area contributed by atoms with Crippen molar-refractivity contribution in [2.75, 3.05) is 17.2 Å². The zero-order valence-electron chi connectivity index (χ0n) is 13.1. The Morgan fingerprint density at radius 2 is 1.81 bits per heavy atom.